The third-order valence-electron chi connectivity index (χ3n) is 3.62. The van der Waals surface area contributed by atoms with Crippen LogP contribution in [0.4, 0.5) is 0 Å². The summed E-state index contributed by atoms with van der Waals surface area (Å²) in [6.45, 7) is 3.84. The summed E-state index contributed by atoms with van der Waals surface area (Å²) in [6, 6.07) is 11.7. The van der Waals surface area contributed by atoms with E-state index in [1.807, 2.05) is 26.0 Å². The molecule has 0 fully saturated rings. The van der Waals surface area contributed by atoms with E-state index < -0.39 is 11.9 Å². The van der Waals surface area contributed by atoms with Gasteiger partial charge in [-0.1, -0.05) is 18.2 Å². The molecule has 0 heterocycles. The Hall–Kier alpha value is -2.69. The first kappa shape index (κ1) is 17.7. The molecule has 24 heavy (non-hydrogen) atoms. The number of carbonyl (C=O) groups is 1. The van der Waals surface area contributed by atoms with Crippen LogP contribution in [-0.2, 0) is 11.2 Å². The lowest BCUT2D eigenvalue weighted by Crippen LogP contribution is -2.14. The Kier molecular flexibility index (Phi) is 5.68. The molecule has 1 unspecified atom stereocenters. The number of phenolic OH excluding ortho intramolecular Hbond substituents is 1. The van der Waals surface area contributed by atoms with Crippen LogP contribution in [0.15, 0.2) is 42.5 Å². The van der Waals surface area contributed by atoms with E-state index in [0.717, 1.165) is 5.56 Å². The number of hydrogen-bond donors (Lipinski definition) is 2. The van der Waals surface area contributed by atoms with E-state index in [2.05, 4.69) is 0 Å². The molecular weight excluding hydrogens is 308 g/mol. The van der Waals surface area contributed by atoms with Gasteiger partial charge in [0.1, 0.15) is 5.75 Å². The van der Waals surface area contributed by atoms with Crippen molar-refractivity contribution in [1.82, 2.24) is 0 Å². The summed E-state index contributed by atoms with van der Waals surface area (Å²) in [5.74, 6) is -0.294. The van der Waals surface area contributed by atoms with E-state index in [4.69, 9.17) is 9.47 Å². The second-order valence-corrected chi connectivity index (χ2v) is 5.84. The Morgan fingerprint density at radius 2 is 1.75 bits per heavy atom. The summed E-state index contributed by atoms with van der Waals surface area (Å²) >= 11 is 0. The molecule has 5 nitrogen and oxygen atoms in total. The number of carboxylic acids is 1. The van der Waals surface area contributed by atoms with Gasteiger partial charge in [0, 0.05) is 0 Å². The van der Waals surface area contributed by atoms with Gasteiger partial charge >= 0.3 is 5.97 Å². The molecule has 128 valence electrons. The molecule has 0 bridgehead atoms. The van der Waals surface area contributed by atoms with Crippen LogP contribution < -0.4 is 9.47 Å². The Balaban J connectivity index is 2.29. The highest BCUT2D eigenvalue weighted by Gasteiger charge is 2.21. The minimum atomic E-state index is -0.914. The molecule has 0 aliphatic carbocycles. The molecule has 0 amide bonds. The molecule has 2 N–H and O–H groups in total. The third-order valence-corrected chi connectivity index (χ3v) is 3.62. The maximum absolute atomic E-state index is 11.7. The van der Waals surface area contributed by atoms with Crippen molar-refractivity contribution in [3.63, 3.8) is 0 Å². The number of phenols is 1. The van der Waals surface area contributed by atoms with Gasteiger partial charge in [-0.2, -0.15) is 0 Å². The average Bonchev–Trinajstić information content (AvgIpc) is 2.53. The van der Waals surface area contributed by atoms with Gasteiger partial charge in [-0.15, -0.1) is 0 Å². The lowest BCUT2D eigenvalue weighted by Gasteiger charge is -2.17. The first-order chi connectivity index (χ1) is 11.4. The monoisotopic (exact) mass is 330 g/mol. The average molecular weight is 330 g/mol. The smallest absolute Gasteiger partial charge is 0.311 e. The van der Waals surface area contributed by atoms with Gasteiger partial charge in [0.15, 0.2) is 11.5 Å². The largest absolute Gasteiger partial charge is 0.508 e. The van der Waals surface area contributed by atoms with E-state index >= 15 is 0 Å². The molecule has 0 saturated heterocycles. The quantitative estimate of drug-likeness (QED) is 0.811. The van der Waals surface area contributed by atoms with Gasteiger partial charge < -0.3 is 19.7 Å². The van der Waals surface area contributed by atoms with Gasteiger partial charge in [0.05, 0.1) is 19.1 Å². The fourth-order valence-corrected chi connectivity index (χ4v) is 2.48. The minimum absolute atomic E-state index is 0.0125. The maximum atomic E-state index is 11.7. The Bertz CT molecular complexity index is 691. The SMILES string of the molecule is COc1ccc(CC(C(=O)O)c2ccc(O)cc2)cc1OC(C)C. The fraction of sp³-hybridized carbons (Fsp3) is 0.316. The summed E-state index contributed by atoms with van der Waals surface area (Å²) in [7, 11) is 1.57. The summed E-state index contributed by atoms with van der Waals surface area (Å²) in [5.41, 5.74) is 1.48. The van der Waals surface area contributed by atoms with Crippen molar-refractivity contribution in [2.45, 2.75) is 32.3 Å². The molecule has 5 heteroatoms. The zero-order chi connectivity index (χ0) is 17.7. The zero-order valence-corrected chi connectivity index (χ0v) is 14.0. The summed E-state index contributed by atoms with van der Waals surface area (Å²) in [6.07, 6.45) is 0.306. The number of aromatic hydroxyl groups is 1. The van der Waals surface area contributed by atoms with Gasteiger partial charge in [-0.25, -0.2) is 0 Å². The van der Waals surface area contributed by atoms with Crippen molar-refractivity contribution in [1.29, 1.82) is 0 Å². The molecule has 2 aromatic carbocycles. The number of carboxylic acid groups (broad SMARTS) is 1. The number of ether oxygens (including phenoxy) is 2. The number of benzene rings is 2. The van der Waals surface area contributed by atoms with Crippen molar-refractivity contribution in [3.05, 3.63) is 53.6 Å². The van der Waals surface area contributed by atoms with Gasteiger partial charge in [-0.05, 0) is 55.7 Å². The molecule has 0 aliphatic rings. The van der Waals surface area contributed by atoms with E-state index in [1.165, 1.54) is 12.1 Å². The maximum Gasteiger partial charge on any atom is 0.311 e. The number of rotatable bonds is 7. The Labute approximate surface area is 141 Å². The number of hydrogen-bond acceptors (Lipinski definition) is 4. The third kappa shape index (κ3) is 4.41. The van der Waals surface area contributed by atoms with Crippen molar-refractivity contribution in [2.24, 2.45) is 0 Å². The van der Waals surface area contributed by atoms with E-state index in [0.29, 0.717) is 23.5 Å². The van der Waals surface area contributed by atoms with Gasteiger partial charge in [0.2, 0.25) is 0 Å². The van der Waals surface area contributed by atoms with Crippen LogP contribution in [0.5, 0.6) is 17.2 Å². The van der Waals surface area contributed by atoms with Crippen LogP contribution in [0.2, 0.25) is 0 Å². The van der Waals surface area contributed by atoms with Gasteiger partial charge in [0.25, 0.3) is 0 Å². The van der Waals surface area contributed by atoms with Crippen LogP contribution in [0, 0.1) is 0 Å². The number of methoxy groups -OCH3 is 1. The molecule has 2 aromatic rings. The van der Waals surface area contributed by atoms with Crippen molar-refractivity contribution in [2.75, 3.05) is 7.11 Å². The second-order valence-electron chi connectivity index (χ2n) is 5.84. The lowest BCUT2D eigenvalue weighted by molar-refractivity contribution is -0.138. The second kappa shape index (κ2) is 7.73. The molecule has 0 radical (unpaired) electrons. The van der Waals surface area contributed by atoms with Crippen LogP contribution in [-0.4, -0.2) is 29.4 Å². The van der Waals surface area contributed by atoms with Crippen molar-refractivity contribution >= 4 is 5.97 Å². The van der Waals surface area contributed by atoms with Crippen molar-refractivity contribution < 1.29 is 24.5 Å². The topological polar surface area (TPSA) is 76.0 Å². The highest BCUT2D eigenvalue weighted by atomic mass is 16.5. The van der Waals surface area contributed by atoms with Crippen LogP contribution in [0.25, 0.3) is 0 Å². The first-order valence-corrected chi connectivity index (χ1v) is 7.76. The minimum Gasteiger partial charge on any atom is -0.508 e. The van der Waals surface area contributed by atoms with Crippen LogP contribution >= 0.6 is 0 Å². The lowest BCUT2D eigenvalue weighted by atomic mass is 9.92. The molecule has 0 saturated carbocycles. The molecule has 1 atom stereocenters. The number of aliphatic carboxylic acids is 1. The standard InChI is InChI=1S/C19H22O5/c1-12(2)24-18-11-13(4-9-17(18)23-3)10-16(19(21)22)14-5-7-15(20)8-6-14/h4-9,11-12,16,20H,10H2,1-3H3,(H,21,22). The van der Waals surface area contributed by atoms with Crippen molar-refractivity contribution in [3.8, 4) is 17.2 Å². The highest BCUT2D eigenvalue weighted by molar-refractivity contribution is 5.76. The van der Waals surface area contributed by atoms with E-state index in [9.17, 15) is 15.0 Å². The van der Waals surface area contributed by atoms with Crippen LogP contribution in [0.1, 0.15) is 30.9 Å². The van der Waals surface area contributed by atoms with E-state index in [1.54, 1.807) is 25.3 Å². The molecule has 2 rings (SSSR count). The van der Waals surface area contributed by atoms with Gasteiger partial charge in [-0.3, -0.25) is 4.79 Å². The molecule has 0 aliphatic heterocycles. The zero-order valence-electron chi connectivity index (χ0n) is 14.0. The highest BCUT2D eigenvalue weighted by Crippen LogP contribution is 2.31. The molecule has 0 aromatic heterocycles. The Morgan fingerprint density at radius 1 is 1.08 bits per heavy atom. The Morgan fingerprint density at radius 3 is 2.29 bits per heavy atom. The first-order valence-electron chi connectivity index (χ1n) is 7.76. The predicted octanol–water partition coefficient (Wildman–Crippen LogP) is 3.60. The fourth-order valence-electron chi connectivity index (χ4n) is 2.48. The summed E-state index contributed by atoms with van der Waals surface area (Å²) in [5, 5.41) is 18.9. The predicted molar refractivity (Wildman–Crippen MR) is 90.9 cm³/mol. The van der Waals surface area contributed by atoms with E-state index in [-0.39, 0.29) is 11.9 Å². The summed E-state index contributed by atoms with van der Waals surface area (Å²) in [4.78, 5) is 11.7. The molecule has 0 spiro atoms. The van der Waals surface area contributed by atoms with Crippen LogP contribution in [0.3, 0.4) is 0 Å². The summed E-state index contributed by atoms with van der Waals surface area (Å²) < 4.78 is 11.0. The normalized spacial score (nSPS) is 12.0. The molecular formula is C19H22O5.